The molecule has 8 heteroatoms. The molecule has 0 bridgehead atoms. The maximum Gasteiger partial charge on any atom is 0.252 e. The lowest BCUT2D eigenvalue weighted by molar-refractivity contribution is 0.0956. The number of halogens is 1. The summed E-state index contributed by atoms with van der Waals surface area (Å²) in [5, 5.41) is 7.44. The second-order valence-electron chi connectivity index (χ2n) is 5.59. The maximum absolute atomic E-state index is 12.0. The van der Waals surface area contributed by atoms with E-state index in [-0.39, 0.29) is 5.91 Å². The van der Waals surface area contributed by atoms with E-state index >= 15 is 0 Å². The normalized spacial score (nSPS) is 11.0. The largest absolute Gasteiger partial charge is 0.352 e. The second kappa shape index (κ2) is 6.61. The third kappa shape index (κ3) is 2.72. The van der Waals surface area contributed by atoms with Crippen molar-refractivity contribution in [1.82, 2.24) is 29.5 Å². The SMILES string of the molecule is CCNC(=O)c1ccc(-n2ccnc2-c2cnn3cccnc23)cc1Cl. The van der Waals surface area contributed by atoms with Crippen LogP contribution in [-0.4, -0.2) is 36.6 Å². The van der Waals surface area contributed by atoms with E-state index in [1.807, 2.05) is 36.0 Å². The van der Waals surface area contributed by atoms with Gasteiger partial charge in [0.25, 0.3) is 5.91 Å². The first-order chi connectivity index (χ1) is 12.7. The number of rotatable bonds is 4. The molecule has 0 radical (unpaired) electrons. The average molecular weight is 367 g/mol. The molecule has 0 aliphatic rings. The monoisotopic (exact) mass is 366 g/mol. The lowest BCUT2D eigenvalue weighted by Crippen LogP contribution is -2.23. The first kappa shape index (κ1) is 16.3. The quantitative estimate of drug-likeness (QED) is 0.602. The van der Waals surface area contributed by atoms with Crippen LogP contribution >= 0.6 is 11.6 Å². The molecule has 7 nitrogen and oxygen atoms in total. The van der Waals surface area contributed by atoms with Crippen molar-refractivity contribution in [3.05, 3.63) is 65.8 Å². The van der Waals surface area contributed by atoms with Crippen LogP contribution in [0.5, 0.6) is 0 Å². The van der Waals surface area contributed by atoms with Gasteiger partial charge >= 0.3 is 0 Å². The summed E-state index contributed by atoms with van der Waals surface area (Å²) in [6.45, 7) is 2.41. The van der Waals surface area contributed by atoms with E-state index in [0.717, 1.165) is 11.3 Å². The number of carbonyl (C=O) groups is 1. The summed E-state index contributed by atoms with van der Waals surface area (Å²) in [5.74, 6) is 0.502. The molecule has 26 heavy (non-hydrogen) atoms. The lowest BCUT2D eigenvalue weighted by atomic mass is 10.2. The number of imidazole rings is 1. The fraction of sp³-hybridized carbons (Fsp3) is 0.111. The molecule has 0 unspecified atom stereocenters. The maximum atomic E-state index is 12.0. The van der Waals surface area contributed by atoms with Crippen LogP contribution in [0.15, 0.2) is 55.2 Å². The summed E-state index contributed by atoms with van der Waals surface area (Å²) in [6, 6.07) is 7.11. The number of nitrogens with one attached hydrogen (secondary N) is 1. The van der Waals surface area contributed by atoms with Crippen molar-refractivity contribution in [2.24, 2.45) is 0 Å². The van der Waals surface area contributed by atoms with E-state index in [1.54, 1.807) is 35.2 Å². The van der Waals surface area contributed by atoms with Gasteiger partial charge in [-0.2, -0.15) is 5.10 Å². The van der Waals surface area contributed by atoms with Crippen LogP contribution < -0.4 is 5.32 Å². The number of hydrogen-bond donors (Lipinski definition) is 1. The van der Waals surface area contributed by atoms with Gasteiger partial charge in [-0.25, -0.2) is 14.5 Å². The molecule has 0 spiro atoms. The Labute approximate surface area is 154 Å². The first-order valence-electron chi connectivity index (χ1n) is 8.09. The number of aromatic nitrogens is 5. The minimum Gasteiger partial charge on any atom is -0.352 e. The lowest BCUT2D eigenvalue weighted by Gasteiger charge is -2.10. The average Bonchev–Trinajstić information content (AvgIpc) is 3.28. The smallest absolute Gasteiger partial charge is 0.252 e. The van der Waals surface area contributed by atoms with E-state index in [1.165, 1.54) is 0 Å². The molecule has 0 atom stereocenters. The molecule has 1 aromatic carbocycles. The minimum absolute atomic E-state index is 0.193. The summed E-state index contributed by atoms with van der Waals surface area (Å²) in [5.41, 5.74) is 2.76. The zero-order valence-electron chi connectivity index (χ0n) is 13.9. The van der Waals surface area contributed by atoms with Crippen LogP contribution in [0.4, 0.5) is 0 Å². The molecule has 1 N–H and O–H groups in total. The second-order valence-corrected chi connectivity index (χ2v) is 6.00. The van der Waals surface area contributed by atoms with Gasteiger partial charge in [0.2, 0.25) is 0 Å². The first-order valence-corrected chi connectivity index (χ1v) is 8.47. The Morgan fingerprint density at radius 1 is 1.23 bits per heavy atom. The fourth-order valence-electron chi connectivity index (χ4n) is 2.79. The summed E-state index contributed by atoms with van der Waals surface area (Å²) in [6.07, 6.45) is 8.81. The van der Waals surface area contributed by atoms with Crippen molar-refractivity contribution >= 4 is 23.2 Å². The molecule has 3 heterocycles. The zero-order chi connectivity index (χ0) is 18.1. The highest BCUT2D eigenvalue weighted by atomic mass is 35.5. The van der Waals surface area contributed by atoms with Gasteiger partial charge in [0.15, 0.2) is 5.65 Å². The zero-order valence-corrected chi connectivity index (χ0v) is 14.7. The summed E-state index contributed by atoms with van der Waals surface area (Å²) >= 11 is 6.33. The highest BCUT2D eigenvalue weighted by Crippen LogP contribution is 2.27. The summed E-state index contributed by atoms with van der Waals surface area (Å²) in [4.78, 5) is 20.9. The predicted molar refractivity (Wildman–Crippen MR) is 98.6 cm³/mol. The molecule has 1 amide bonds. The van der Waals surface area contributed by atoms with Crippen molar-refractivity contribution in [3.8, 4) is 17.1 Å². The van der Waals surface area contributed by atoms with Crippen LogP contribution in [0.1, 0.15) is 17.3 Å². The topological polar surface area (TPSA) is 77.1 Å². The Morgan fingerprint density at radius 2 is 2.12 bits per heavy atom. The Morgan fingerprint density at radius 3 is 2.92 bits per heavy atom. The van der Waals surface area contributed by atoms with Gasteiger partial charge in [0, 0.05) is 37.0 Å². The number of nitrogens with zero attached hydrogens (tertiary/aromatic N) is 5. The molecule has 4 aromatic rings. The summed E-state index contributed by atoms with van der Waals surface area (Å²) in [7, 11) is 0. The molecular formula is C18H15ClN6O. The van der Waals surface area contributed by atoms with Crippen molar-refractivity contribution in [3.63, 3.8) is 0 Å². The fourth-order valence-corrected chi connectivity index (χ4v) is 3.05. The Balaban J connectivity index is 1.78. The van der Waals surface area contributed by atoms with Gasteiger partial charge in [-0.15, -0.1) is 0 Å². The standard InChI is InChI=1S/C18H15ClN6O/c1-2-20-18(26)13-5-4-12(10-15(13)19)24-9-7-22-16(24)14-11-23-25-8-3-6-21-17(14)25/h3-11H,2H2,1H3,(H,20,26). The molecular weight excluding hydrogens is 352 g/mol. The third-order valence-corrected chi connectivity index (χ3v) is 4.29. The van der Waals surface area contributed by atoms with Gasteiger partial charge in [-0.1, -0.05) is 11.6 Å². The van der Waals surface area contributed by atoms with E-state index in [2.05, 4.69) is 20.4 Å². The van der Waals surface area contributed by atoms with Gasteiger partial charge in [0.05, 0.1) is 22.3 Å². The van der Waals surface area contributed by atoms with Gasteiger partial charge in [0.1, 0.15) is 5.82 Å². The molecule has 0 saturated carbocycles. The van der Waals surface area contributed by atoms with E-state index in [0.29, 0.717) is 28.6 Å². The third-order valence-electron chi connectivity index (χ3n) is 3.97. The van der Waals surface area contributed by atoms with Crippen molar-refractivity contribution < 1.29 is 4.79 Å². The van der Waals surface area contributed by atoms with Crippen LogP contribution in [0.3, 0.4) is 0 Å². The summed E-state index contributed by atoms with van der Waals surface area (Å²) < 4.78 is 3.58. The van der Waals surface area contributed by atoms with Crippen molar-refractivity contribution in [1.29, 1.82) is 0 Å². The molecule has 3 aromatic heterocycles. The Bertz CT molecular complexity index is 1100. The van der Waals surface area contributed by atoms with Gasteiger partial charge in [-0.3, -0.25) is 9.36 Å². The molecule has 4 rings (SSSR count). The number of carbonyl (C=O) groups excluding carboxylic acids is 1. The predicted octanol–water partition coefficient (Wildman–Crippen LogP) is 2.99. The number of hydrogen-bond acceptors (Lipinski definition) is 4. The molecule has 0 aliphatic heterocycles. The van der Waals surface area contributed by atoms with Crippen molar-refractivity contribution in [2.75, 3.05) is 6.54 Å². The molecule has 0 saturated heterocycles. The number of amides is 1. The van der Waals surface area contributed by atoms with Crippen LogP contribution in [0.2, 0.25) is 5.02 Å². The van der Waals surface area contributed by atoms with Crippen LogP contribution in [0.25, 0.3) is 22.7 Å². The highest BCUT2D eigenvalue weighted by Gasteiger charge is 2.16. The van der Waals surface area contributed by atoms with E-state index < -0.39 is 0 Å². The van der Waals surface area contributed by atoms with Crippen LogP contribution in [0, 0.1) is 0 Å². The highest BCUT2D eigenvalue weighted by molar-refractivity contribution is 6.34. The number of fused-ring (bicyclic) bond motifs is 1. The Hall–Kier alpha value is -3.19. The minimum atomic E-state index is -0.193. The molecule has 0 fully saturated rings. The number of benzene rings is 1. The van der Waals surface area contributed by atoms with E-state index in [9.17, 15) is 4.79 Å². The van der Waals surface area contributed by atoms with Gasteiger partial charge in [-0.05, 0) is 31.2 Å². The molecule has 130 valence electrons. The molecule has 0 aliphatic carbocycles. The van der Waals surface area contributed by atoms with E-state index in [4.69, 9.17) is 11.6 Å². The Kier molecular flexibility index (Phi) is 4.14. The van der Waals surface area contributed by atoms with Gasteiger partial charge < -0.3 is 5.32 Å². The van der Waals surface area contributed by atoms with Crippen molar-refractivity contribution in [2.45, 2.75) is 6.92 Å². The van der Waals surface area contributed by atoms with Crippen LogP contribution in [-0.2, 0) is 0 Å².